The Balaban J connectivity index is 0.000000477. The molecular weight excluding hydrogens is 683 g/mol. The number of nitrogen functional groups attached to an aromatic ring is 1. The van der Waals surface area contributed by atoms with Crippen LogP contribution in [0.1, 0.15) is 33.2 Å². The summed E-state index contributed by atoms with van der Waals surface area (Å²) in [7, 11) is -2.84. The van der Waals surface area contributed by atoms with Crippen LogP contribution in [0.3, 0.4) is 0 Å². The summed E-state index contributed by atoms with van der Waals surface area (Å²) in [6.07, 6.45) is 0. The molecule has 0 radical (unpaired) electrons. The van der Waals surface area contributed by atoms with Gasteiger partial charge in [0.2, 0.25) is 6.79 Å². The summed E-state index contributed by atoms with van der Waals surface area (Å²) >= 11 is 1.02. The number of fused-ring (bicyclic) bond motifs is 2. The first-order chi connectivity index (χ1) is 23.8. The predicted octanol–water partition coefficient (Wildman–Crippen LogP) is 6.67. The van der Waals surface area contributed by atoms with Gasteiger partial charge in [0.05, 0.1) is 18.7 Å². The van der Waals surface area contributed by atoms with Gasteiger partial charge in [-0.1, -0.05) is 17.3 Å². The summed E-state index contributed by atoms with van der Waals surface area (Å²) in [5, 5.41) is 9.49. The Labute approximate surface area is 293 Å². The third-order valence-electron chi connectivity index (χ3n) is 8.15. The molecule has 7 rings (SSSR count). The molecule has 0 aliphatic carbocycles. The van der Waals surface area contributed by atoms with Crippen molar-refractivity contribution in [2.24, 2.45) is 0 Å². The van der Waals surface area contributed by atoms with Gasteiger partial charge in [-0.3, -0.25) is 14.2 Å². The summed E-state index contributed by atoms with van der Waals surface area (Å²) in [6, 6.07) is 15.1. The monoisotopic (exact) mass is 719 g/mol. The highest BCUT2D eigenvalue weighted by Gasteiger charge is 2.24. The van der Waals surface area contributed by atoms with Gasteiger partial charge in [-0.2, -0.15) is 13.5 Å². The molecule has 0 saturated carbocycles. The maximum absolute atomic E-state index is 12.2. The minimum absolute atomic E-state index is 0.116. The van der Waals surface area contributed by atoms with E-state index in [4.69, 9.17) is 39.3 Å². The second kappa shape index (κ2) is 14.1. The van der Waals surface area contributed by atoms with Crippen LogP contribution >= 0.6 is 11.3 Å². The fourth-order valence-electron chi connectivity index (χ4n) is 5.62. The van der Waals surface area contributed by atoms with Crippen LogP contribution in [0.15, 0.2) is 57.3 Å². The van der Waals surface area contributed by atoms with Gasteiger partial charge < -0.3 is 29.2 Å². The third kappa shape index (κ3) is 7.16. The van der Waals surface area contributed by atoms with Crippen molar-refractivity contribution >= 4 is 38.2 Å². The Morgan fingerprint density at radius 2 is 1.76 bits per heavy atom. The van der Waals surface area contributed by atoms with Crippen molar-refractivity contribution in [2.45, 2.75) is 45.4 Å². The number of methoxy groups -OCH3 is 1. The predicted molar refractivity (Wildman–Crippen MR) is 190 cm³/mol. The number of hydrogen-bond acceptors (Lipinski definition) is 12. The first-order valence-corrected chi connectivity index (χ1v) is 17.9. The first-order valence-electron chi connectivity index (χ1n) is 15.6. The number of rotatable bonds is 9. The average molecular weight is 720 g/mol. The van der Waals surface area contributed by atoms with Gasteiger partial charge in [0.25, 0.3) is 0 Å². The van der Waals surface area contributed by atoms with Crippen LogP contribution in [-0.2, 0) is 21.4 Å². The van der Waals surface area contributed by atoms with Crippen LogP contribution in [0, 0.1) is 34.6 Å². The van der Waals surface area contributed by atoms with Crippen molar-refractivity contribution < 1.29 is 36.4 Å². The molecule has 2 aromatic carbocycles. The lowest BCUT2D eigenvalue weighted by molar-refractivity contribution is 0.146. The first kappa shape index (κ1) is 34.9. The zero-order valence-corrected chi connectivity index (χ0v) is 30.1. The maximum atomic E-state index is 12.2. The Bertz CT molecular complexity index is 2290. The van der Waals surface area contributed by atoms with Gasteiger partial charge in [-0.25, -0.2) is 0 Å². The van der Waals surface area contributed by atoms with Crippen LogP contribution in [0.5, 0.6) is 17.2 Å². The number of benzene rings is 2. The number of thiophene rings is 1. The van der Waals surface area contributed by atoms with Gasteiger partial charge in [0.15, 0.2) is 21.5 Å². The summed E-state index contributed by atoms with van der Waals surface area (Å²) in [5.74, 6) is 3.14. The van der Waals surface area contributed by atoms with Gasteiger partial charge in [-0.15, -0.1) is 11.3 Å². The van der Waals surface area contributed by atoms with Gasteiger partial charge in [0.1, 0.15) is 23.8 Å². The number of nitrogens with zero attached hydrogens (tertiary/aromatic N) is 4. The Hall–Kier alpha value is -4.96. The Morgan fingerprint density at radius 1 is 0.980 bits per heavy atom. The largest absolute Gasteiger partial charge is 0.491 e. The molecule has 5 heterocycles. The molecule has 0 bridgehead atoms. The number of hydrogen-bond donors (Lipinski definition) is 2. The van der Waals surface area contributed by atoms with E-state index in [0.717, 1.165) is 66.6 Å². The normalized spacial score (nSPS) is 12.3. The van der Waals surface area contributed by atoms with E-state index < -0.39 is 10.1 Å². The molecule has 50 heavy (non-hydrogen) atoms. The van der Waals surface area contributed by atoms with Crippen molar-refractivity contribution in [1.82, 2.24) is 19.9 Å². The van der Waals surface area contributed by atoms with Crippen molar-refractivity contribution in [2.75, 3.05) is 32.9 Å². The Morgan fingerprint density at radius 3 is 2.44 bits per heavy atom. The van der Waals surface area contributed by atoms with E-state index in [2.05, 4.69) is 5.16 Å². The van der Waals surface area contributed by atoms with Gasteiger partial charge >= 0.3 is 10.1 Å². The number of anilines is 1. The summed E-state index contributed by atoms with van der Waals surface area (Å²) < 4.78 is 63.1. The molecule has 6 aromatic rings. The highest BCUT2D eigenvalue weighted by atomic mass is 32.3. The molecular formula is C35H37N5O8S2. The number of nitrogens with two attached hydrogens (primary N) is 1. The molecule has 13 nitrogen and oxygen atoms in total. The van der Waals surface area contributed by atoms with Gasteiger partial charge in [0, 0.05) is 51.0 Å². The third-order valence-corrected chi connectivity index (χ3v) is 10.6. The van der Waals surface area contributed by atoms with Crippen LogP contribution in [0.25, 0.3) is 33.3 Å². The number of pyridine rings is 1. The standard InChI is InChI=1S/C30H29N3O7S2.C5H8N2O/c1-17-11-24-28(19(3)31-17)29(21-6-8-25-27(14-21)40-16-39-25)32-33(24)15-20-5-7-22(26(13-20)38-10-9-37-4)23-12-18(2)41-30(23)42(34,35)36;1-3-4(2)8-7-5(3)6/h5-8,11-14H,9-10,15-16H2,1-4H3,(H,34,35,36);1-2H3,(H2,6,7). The zero-order chi connectivity index (χ0) is 35.7. The lowest BCUT2D eigenvalue weighted by atomic mass is 10.0. The zero-order valence-electron chi connectivity index (χ0n) is 28.4. The molecule has 0 amide bonds. The van der Waals surface area contributed by atoms with Crippen molar-refractivity contribution in [3.8, 4) is 39.6 Å². The van der Waals surface area contributed by atoms with E-state index in [-0.39, 0.29) is 17.6 Å². The van der Waals surface area contributed by atoms with Crippen molar-refractivity contribution in [3.63, 3.8) is 0 Å². The second-order valence-corrected chi connectivity index (χ2v) is 14.6. The van der Waals surface area contributed by atoms with E-state index in [1.807, 2.05) is 74.8 Å². The Kier molecular flexibility index (Phi) is 9.84. The van der Waals surface area contributed by atoms with E-state index in [1.165, 1.54) is 0 Å². The number of aromatic nitrogens is 4. The molecule has 15 heteroatoms. The number of ether oxygens (including phenoxy) is 4. The minimum Gasteiger partial charge on any atom is -0.491 e. The fourth-order valence-corrected chi connectivity index (χ4v) is 7.63. The average Bonchev–Trinajstić information content (AvgIpc) is 3.85. The molecule has 3 N–H and O–H groups in total. The molecule has 1 aliphatic rings. The summed E-state index contributed by atoms with van der Waals surface area (Å²) in [5.41, 5.74) is 12.5. The van der Waals surface area contributed by atoms with E-state index in [1.54, 1.807) is 20.1 Å². The molecule has 1 aliphatic heterocycles. The highest BCUT2D eigenvalue weighted by molar-refractivity contribution is 7.88. The smallest absolute Gasteiger partial charge is 0.304 e. The molecule has 262 valence electrons. The second-order valence-electron chi connectivity index (χ2n) is 11.8. The van der Waals surface area contributed by atoms with Crippen LogP contribution < -0.4 is 19.9 Å². The maximum Gasteiger partial charge on any atom is 0.304 e. The molecule has 0 spiro atoms. The summed E-state index contributed by atoms with van der Waals surface area (Å²) in [4.78, 5) is 5.45. The van der Waals surface area contributed by atoms with E-state index >= 15 is 0 Å². The van der Waals surface area contributed by atoms with Crippen molar-refractivity contribution in [1.29, 1.82) is 0 Å². The lowest BCUT2D eigenvalue weighted by Crippen LogP contribution is -2.07. The van der Waals surface area contributed by atoms with Crippen LogP contribution in [-0.4, -0.2) is 60.0 Å². The van der Waals surface area contributed by atoms with E-state index in [9.17, 15) is 13.0 Å². The summed E-state index contributed by atoms with van der Waals surface area (Å²) in [6.45, 7) is 10.7. The fraction of sp³-hybridized carbons (Fsp3) is 0.286. The minimum atomic E-state index is -4.42. The quantitative estimate of drug-likeness (QED) is 0.120. The topological polar surface area (TPSA) is 174 Å². The molecule has 4 aromatic heterocycles. The van der Waals surface area contributed by atoms with Crippen LogP contribution in [0.2, 0.25) is 0 Å². The molecule has 0 saturated heterocycles. The molecule has 0 fully saturated rings. The van der Waals surface area contributed by atoms with Crippen LogP contribution in [0.4, 0.5) is 5.82 Å². The SMILES string of the molecule is COCCOc1cc(Cn2nc(-c3ccc4c(c3)OCO4)c3c(C)nc(C)cc32)ccc1-c1cc(C)sc1S(=O)(=O)O.Cc1onc(N)c1C. The lowest BCUT2D eigenvalue weighted by Gasteiger charge is -2.14. The number of aryl methyl sites for hydroxylation is 4. The highest BCUT2D eigenvalue weighted by Crippen LogP contribution is 2.41. The molecule has 0 atom stereocenters. The van der Waals surface area contributed by atoms with Gasteiger partial charge in [-0.05, 0) is 76.6 Å². The molecule has 0 unspecified atom stereocenters. The van der Waals surface area contributed by atoms with Crippen molar-refractivity contribution in [3.05, 3.63) is 81.7 Å². The van der Waals surface area contributed by atoms with E-state index in [0.29, 0.717) is 47.3 Å².